The van der Waals surface area contributed by atoms with Gasteiger partial charge < -0.3 is 10.4 Å². The maximum Gasteiger partial charge on any atom is 0.392 e. The van der Waals surface area contributed by atoms with Crippen LogP contribution in [0.1, 0.15) is 62.6 Å². The molecule has 2 rings (SSSR count). The van der Waals surface area contributed by atoms with Crippen LogP contribution in [0.15, 0.2) is 49.0 Å². The highest BCUT2D eigenvalue weighted by atomic mass is 35.5. The number of hydrogen-bond donors (Lipinski definition) is 2. The number of hydrogen-bond acceptors (Lipinski definition) is 2. The van der Waals surface area contributed by atoms with Crippen LogP contribution in [0.3, 0.4) is 0 Å². The van der Waals surface area contributed by atoms with Gasteiger partial charge in [-0.3, -0.25) is 9.59 Å². The molecular weight excluding hydrogens is 467 g/mol. The first-order valence-corrected chi connectivity index (χ1v) is 11.1. The van der Waals surface area contributed by atoms with Crippen molar-refractivity contribution in [1.29, 1.82) is 0 Å². The van der Waals surface area contributed by atoms with Gasteiger partial charge in [0.2, 0.25) is 5.91 Å². The fourth-order valence-electron chi connectivity index (χ4n) is 3.86. The summed E-state index contributed by atoms with van der Waals surface area (Å²) in [5, 5.41) is 12.0. The zero-order chi connectivity index (χ0) is 25.8. The van der Waals surface area contributed by atoms with Crippen molar-refractivity contribution >= 4 is 35.2 Å². The van der Waals surface area contributed by atoms with Crippen LogP contribution in [0, 0.1) is 11.3 Å². The molecule has 0 saturated heterocycles. The number of carbonyl (C=O) groups is 2. The van der Waals surface area contributed by atoms with E-state index in [1.165, 1.54) is 24.3 Å². The van der Waals surface area contributed by atoms with Gasteiger partial charge in [-0.25, -0.2) is 0 Å². The second-order valence-corrected chi connectivity index (χ2v) is 9.83. The lowest BCUT2D eigenvalue weighted by Gasteiger charge is -2.31. The average Bonchev–Trinajstić information content (AvgIpc) is 2.73. The fraction of sp³-hybridized carbons (Fsp3) is 0.385. The molecule has 1 amide bonds. The second-order valence-electron chi connectivity index (χ2n) is 9.42. The molecule has 2 N–H and O–H groups in total. The molecule has 8 heteroatoms. The van der Waals surface area contributed by atoms with Gasteiger partial charge in [0.25, 0.3) is 0 Å². The van der Waals surface area contributed by atoms with Gasteiger partial charge in [0.1, 0.15) is 0 Å². The molecule has 0 aliphatic carbocycles. The minimum Gasteiger partial charge on any atom is -0.481 e. The molecule has 0 aromatic heterocycles. The lowest BCUT2D eigenvalue weighted by molar-refractivity contribution is -0.178. The van der Waals surface area contributed by atoms with Crippen molar-refractivity contribution in [3.05, 3.63) is 70.8 Å². The molecule has 0 aliphatic rings. The van der Waals surface area contributed by atoms with E-state index < -0.39 is 41.2 Å². The number of nitrogens with one attached hydrogen (secondary N) is 1. The first-order chi connectivity index (χ1) is 15.6. The highest BCUT2D eigenvalue weighted by molar-refractivity contribution is 6.33. The number of carboxylic acid groups (broad SMARTS) is 1. The van der Waals surface area contributed by atoms with Crippen molar-refractivity contribution in [3.8, 4) is 0 Å². The summed E-state index contributed by atoms with van der Waals surface area (Å²) in [4.78, 5) is 24.6. The largest absolute Gasteiger partial charge is 0.481 e. The summed E-state index contributed by atoms with van der Waals surface area (Å²) in [5.74, 6) is -5.73. The summed E-state index contributed by atoms with van der Waals surface area (Å²) >= 11 is 6.26. The molecule has 2 aromatic carbocycles. The van der Waals surface area contributed by atoms with Crippen molar-refractivity contribution in [1.82, 2.24) is 0 Å². The van der Waals surface area contributed by atoms with Crippen molar-refractivity contribution in [2.75, 3.05) is 5.32 Å². The molecular formula is C26H29ClF3NO3. The standard InChI is InChI=1S/C26H29ClF3NO3/c1-6-16-7-9-17(10-8-16)23(15(2)26(28,29)30)24(34)31-21-13-18(11-12-20(21)27)19(14-22(32)33)25(3,4)5/h6-13,15,19,23H,1,14H2,2-5H3,(H,31,34)(H,32,33)/t15-,19?,23+/m1/s1. The Balaban J connectivity index is 2.47. The zero-order valence-electron chi connectivity index (χ0n) is 19.5. The normalized spacial score (nSPS) is 14.7. The predicted molar refractivity (Wildman–Crippen MR) is 129 cm³/mol. The number of rotatable bonds is 8. The fourth-order valence-corrected chi connectivity index (χ4v) is 4.02. The molecule has 2 aromatic rings. The summed E-state index contributed by atoms with van der Waals surface area (Å²) in [7, 11) is 0. The Morgan fingerprint density at radius 3 is 2.12 bits per heavy atom. The molecule has 34 heavy (non-hydrogen) atoms. The van der Waals surface area contributed by atoms with E-state index in [0.717, 1.165) is 6.92 Å². The van der Waals surface area contributed by atoms with Gasteiger partial charge in [0.05, 0.1) is 29.0 Å². The maximum atomic E-state index is 13.7. The van der Waals surface area contributed by atoms with E-state index in [1.807, 2.05) is 20.8 Å². The van der Waals surface area contributed by atoms with Crippen molar-refractivity contribution in [3.63, 3.8) is 0 Å². The van der Waals surface area contributed by atoms with E-state index in [0.29, 0.717) is 11.1 Å². The third-order valence-corrected chi connectivity index (χ3v) is 6.23. The smallest absolute Gasteiger partial charge is 0.392 e. The van der Waals surface area contributed by atoms with Gasteiger partial charge in [-0.15, -0.1) is 0 Å². The molecule has 0 saturated carbocycles. The Hall–Kier alpha value is -2.80. The number of aliphatic carboxylic acids is 1. The number of anilines is 1. The molecule has 0 heterocycles. The molecule has 184 valence electrons. The highest BCUT2D eigenvalue weighted by Gasteiger charge is 2.45. The first kappa shape index (κ1) is 27.4. The van der Waals surface area contributed by atoms with Gasteiger partial charge in [0.15, 0.2) is 0 Å². The van der Waals surface area contributed by atoms with Crippen LogP contribution in [-0.4, -0.2) is 23.2 Å². The van der Waals surface area contributed by atoms with Crippen LogP contribution in [0.2, 0.25) is 5.02 Å². The van der Waals surface area contributed by atoms with Gasteiger partial charge in [-0.05, 0) is 40.2 Å². The minimum absolute atomic E-state index is 0.130. The van der Waals surface area contributed by atoms with Gasteiger partial charge in [0, 0.05) is 0 Å². The molecule has 4 nitrogen and oxygen atoms in total. The van der Waals surface area contributed by atoms with Crippen LogP contribution >= 0.6 is 11.6 Å². The van der Waals surface area contributed by atoms with Crippen molar-refractivity contribution in [2.24, 2.45) is 11.3 Å². The molecule has 0 spiro atoms. The van der Waals surface area contributed by atoms with Gasteiger partial charge in [-0.2, -0.15) is 13.2 Å². The number of carboxylic acids is 1. The van der Waals surface area contributed by atoms with Crippen molar-refractivity contribution in [2.45, 2.75) is 52.1 Å². The zero-order valence-corrected chi connectivity index (χ0v) is 20.3. The summed E-state index contributed by atoms with van der Waals surface area (Å²) < 4.78 is 41.0. The van der Waals surface area contributed by atoms with E-state index in [2.05, 4.69) is 11.9 Å². The van der Waals surface area contributed by atoms with Crippen LogP contribution < -0.4 is 5.32 Å². The Morgan fingerprint density at radius 2 is 1.65 bits per heavy atom. The van der Waals surface area contributed by atoms with Crippen LogP contribution in [0.5, 0.6) is 0 Å². The number of amides is 1. The topological polar surface area (TPSA) is 66.4 Å². The van der Waals surface area contributed by atoms with Crippen molar-refractivity contribution < 1.29 is 27.9 Å². The lowest BCUT2D eigenvalue weighted by atomic mass is 9.74. The second kappa shape index (κ2) is 10.6. The average molecular weight is 496 g/mol. The highest BCUT2D eigenvalue weighted by Crippen LogP contribution is 2.41. The summed E-state index contributed by atoms with van der Waals surface area (Å²) in [6, 6.07) is 10.9. The van der Waals surface area contributed by atoms with E-state index in [4.69, 9.17) is 11.6 Å². The Kier molecular flexibility index (Phi) is 8.59. The lowest BCUT2D eigenvalue weighted by Crippen LogP contribution is -2.34. The number of carbonyl (C=O) groups excluding carboxylic acids is 1. The minimum atomic E-state index is -4.61. The summed E-state index contributed by atoms with van der Waals surface area (Å²) in [6.07, 6.45) is -3.20. The van der Waals surface area contributed by atoms with Crippen LogP contribution in [-0.2, 0) is 9.59 Å². The first-order valence-electron chi connectivity index (χ1n) is 10.8. The maximum absolute atomic E-state index is 13.7. The van der Waals surface area contributed by atoms with Crippen LogP contribution in [0.25, 0.3) is 6.08 Å². The Labute approximate surface area is 202 Å². The Morgan fingerprint density at radius 1 is 1.09 bits per heavy atom. The summed E-state index contributed by atoms with van der Waals surface area (Å²) in [6.45, 7) is 10.3. The SMILES string of the molecule is C=Cc1ccc([C@@H](C(=O)Nc2cc(C(CC(=O)O)C(C)(C)C)ccc2Cl)[C@@H](C)C(F)(F)F)cc1. The Bertz CT molecular complexity index is 1040. The quantitative estimate of drug-likeness (QED) is 0.398. The van der Waals surface area contributed by atoms with E-state index >= 15 is 0 Å². The molecule has 0 bridgehead atoms. The number of benzene rings is 2. The molecule has 0 radical (unpaired) electrons. The molecule has 0 aliphatic heterocycles. The van der Waals surface area contributed by atoms with Gasteiger partial charge in [-0.1, -0.05) is 82.3 Å². The van der Waals surface area contributed by atoms with Gasteiger partial charge >= 0.3 is 12.1 Å². The molecule has 1 unspecified atom stereocenters. The number of alkyl halides is 3. The van der Waals surface area contributed by atoms with E-state index in [9.17, 15) is 27.9 Å². The third-order valence-electron chi connectivity index (χ3n) is 5.90. The van der Waals surface area contributed by atoms with E-state index in [-0.39, 0.29) is 22.7 Å². The summed E-state index contributed by atoms with van der Waals surface area (Å²) in [5.41, 5.74) is 1.24. The number of halogens is 4. The molecule has 0 fully saturated rings. The predicted octanol–water partition coefficient (Wildman–Crippen LogP) is 7.51. The third kappa shape index (κ3) is 6.86. The monoisotopic (exact) mass is 495 g/mol. The van der Waals surface area contributed by atoms with Crippen LogP contribution in [0.4, 0.5) is 18.9 Å². The van der Waals surface area contributed by atoms with E-state index in [1.54, 1.807) is 24.3 Å². The molecule has 3 atom stereocenters.